The molecule has 8 nitrogen and oxygen atoms in total. The number of rotatable bonds is 12. The van der Waals surface area contributed by atoms with Crippen LogP contribution in [-0.4, -0.2) is 47.2 Å². The molecule has 0 aliphatic carbocycles. The van der Waals surface area contributed by atoms with Gasteiger partial charge < -0.3 is 20.5 Å². The Morgan fingerprint density at radius 2 is 1.23 bits per heavy atom. The predicted molar refractivity (Wildman–Crippen MR) is 197 cm³/mol. The summed E-state index contributed by atoms with van der Waals surface area (Å²) in [7, 11) is 0. The summed E-state index contributed by atoms with van der Waals surface area (Å²) in [6.45, 7) is 12.0. The molecule has 260 valence electrons. The molecular formula is C38H52N4O4S2. The molecule has 0 saturated carbocycles. The first-order valence-electron chi connectivity index (χ1n) is 16.7. The molecule has 1 fully saturated rings. The minimum absolute atomic E-state index is 0.0000544. The maximum atomic E-state index is 11.9. The fourth-order valence-electron chi connectivity index (χ4n) is 4.67. The highest BCUT2D eigenvalue weighted by Crippen LogP contribution is 2.14. The summed E-state index contributed by atoms with van der Waals surface area (Å²) < 4.78 is 10.1. The van der Waals surface area contributed by atoms with Gasteiger partial charge in [-0.1, -0.05) is 48.5 Å². The standard InChI is InChI=1S/C21H28N2O3S.C13H16N2S.C4H8O/c1-15-23-18(14-27-15)11-9-16-5-7-17(8-6-16)10-12-19(24)13-22-20(25)26-21(2,3)4;1-10-15-13(9-16-10)7-6-11-2-4-12(8-14)5-3-11;1-2-4-5-3-1/h5-8,14H,9-13H2,1-4H3,(H,22,25);2-5,9H,6-8,14H2,1H3;1-4H2. The largest absolute Gasteiger partial charge is 0.444 e. The third-order valence-electron chi connectivity index (χ3n) is 7.30. The molecule has 0 unspecified atom stereocenters. The van der Waals surface area contributed by atoms with E-state index in [2.05, 4.69) is 74.6 Å². The summed E-state index contributed by atoms with van der Waals surface area (Å²) in [5.74, 6) is -0.0103. The highest BCUT2D eigenvalue weighted by molar-refractivity contribution is 7.09. The Bertz CT molecular complexity index is 1500. The van der Waals surface area contributed by atoms with E-state index in [0.717, 1.165) is 60.2 Å². The molecule has 2 aromatic carbocycles. The molecule has 48 heavy (non-hydrogen) atoms. The third-order valence-corrected chi connectivity index (χ3v) is 8.95. The molecule has 4 aromatic rings. The molecule has 10 heteroatoms. The number of carbonyl (C=O) groups excluding carboxylic acids is 2. The number of benzene rings is 2. The van der Waals surface area contributed by atoms with Gasteiger partial charge in [0.25, 0.3) is 0 Å². The normalized spacial score (nSPS) is 12.4. The van der Waals surface area contributed by atoms with Crippen molar-refractivity contribution in [1.29, 1.82) is 0 Å². The van der Waals surface area contributed by atoms with Crippen LogP contribution in [0.5, 0.6) is 0 Å². The first kappa shape index (κ1) is 39.0. The van der Waals surface area contributed by atoms with E-state index in [-0.39, 0.29) is 12.3 Å². The summed E-state index contributed by atoms with van der Waals surface area (Å²) in [6.07, 6.45) is 7.03. The van der Waals surface area contributed by atoms with E-state index in [0.29, 0.717) is 19.4 Å². The Hall–Kier alpha value is -3.44. The van der Waals surface area contributed by atoms with Crippen LogP contribution in [0.4, 0.5) is 4.79 Å². The van der Waals surface area contributed by atoms with Gasteiger partial charge in [-0.2, -0.15) is 0 Å². The lowest BCUT2D eigenvalue weighted by atomic mass is 10.0. The fourth-order valence-corrected chi connectivity index (χ4v) is 5.97. The quantitative estimate of drug-likeness (QED) is 0.156. The Balaban J connectivity index is 0.000000248. The van der Waals surface area contributed by atoms with Crippen molar-refractivity contribution >= 4 is 34.6 Å². The number of nitrogens with zero attached hydrogens (tertiary/aromatic N) is 2. The smallest absolute Gasteiger partial charge is 0.408 e. The van der Waals surface area contributed by atoms with Crippen LogP contribution >= 0.6 is 22.7 Å². The minimum atomic E-state index is -0.562. The van der Waals surface area contributed by atoms with Gasteiger partial charge in [-0.3, -0.25) is 4.79 Å². The number of amides is 1. The Morgan fingerprint density at radius 1 is 0.771 bits per heavy atom. The van der Waals surface area contributed by atoms with Gasteiger partial charge in [0.05, 0.1) is 27.9 Å². The first-order valence-corrected chi connectivity index (χ1v) is 18.5. The molecule has 0 spiro atoms. The molecule has 2 aromatic heterocycles. The number of nitrogens with two attached hydrogens (primary N) is 1. The zero-order valence-electron chi connectivity index (χ0n) is 29.2. The van der Waals surface area contributed by atoms with E-state index in [9.17, 15) is 9.59 Å². The van der Waals surface area contributed by atoms with E-state index in [1.54, 1.807) is 43.4 Å². The van der Waals surface area contributed by atoms with E-state index in [1.807, 2.05) is 13.8 Å². The summed E-state index contributed by atoms with van der Waals surface area (Å²) >= 11 is 3.40. The van der Waals surface area contributed by atoms with Gasteiger partial charge in [-0.05, 0) is 102 Å². The summed E-state index contributed by atoms with van der Waals surface area (Å²) in [5, 5.41) is 9.01. The second-order valence-corrected chi connectivity index (χ2v) is 14.9. The lowest BCUT2D eigenvalue weighted by Crippen LogP contribution is -2.35. The first-order chi connectivity index (χ1) is 23.0. The molecular weight excluding hydrogens is 641 g/mol. The minimum Gasteiger partial charge on any atom is -0.444 e. The van der Waals surface area contributed by atoms with Gasteiger partial charge in [-0.15, -0.1) is 22.7 Å². The number of aromatic nitrogens is 2. The third kappa shape index (κ3) is 16.6. The zero-order chi connectivity index (χ0) is 34.8. The molecule has 1 aliphatic rings. The Morgan fingerprint density at radius 3 is 1.60 bits per heavy atom. The van der Waals surface area contributed by atoms with Gasteiger partial charge in [0, 0.05) is 36.9 Å². The highest BCUT2D eigenvalue weighted by atomic mass is 32.1. The van der Waals surface area contributed by atoms with Crippen molar-refractivity contribution in [3.05, 3.63) is 103 Å². The number of aryl methyl sites for hydroxylation is 7. The summed E-state index contributed by atoms with van der Waals surface area (Å²) in [6, 6.07) is 16.9. The molecule has 0 bridgehead atoms. The molecule has 0 atom stereocenters. The number of nitrogens with one attached hydrogen (secondary N) is 1. The molecule has 3 N–H and O–H groups in total. The highest BCUT2D eigenvalue weighted by Gasteiger charge is 2.16. The maximum Gasteiger partial charge on any atom is 0.408 e. The van der Waals surface area contributed by atoms with Crippen LogP contribution in [-0.2, 0) is 52.9 Å². The van der Waals surface area contributed by atoms with Crippen LogP contribution in [0.1, 0.15) is 83.7 Å². The second kappa shape index (κ2) is 20.8. The van der Waals surface area contributed by atoms with E-state index in [1.165, 1.54) is 35.2 Å². The number of alkyl carbamates (subject to hydrolysis) is 1. The van der Waals surface area contributed by atoms with Gasteiger partial charge in [0.2, 0.25) is 0 Å². The van der Waals surface area contributed by atoms with Crippen LogP contribution in [0.25, 0.3) is 0 Å². The van der Waals surface area contributed by atoms with Gasteiger partial charge in [0.1, 0.15) is 5.60 Å². The summed E-state index contributed by atoms with van der Waals surface area (Å²) in [4.78, 5) is 32.4. The number of carbonyl (C=O) groups is 2. The molecule has 3 heterocycles. The number of ether oxygens (including phenoxy) is 2. The van der Waals surface area contributed by atoms with E-state index in [4.69, 9.17) is 15.2 Å². The van der Waals surface area contributed by atoms with Crippen LogP contribution in [0.15, 0.2) is 59.3 Å². The van der Waals surface area contributed by atoms with Crippen molar-refractivity contribution < 1.29 is 19.1 Å². The molecule has 1 amide bonds. The average molecular weight is 693 g/mol. The monoisotopic (exact) mass is 692 g/mol. The van der Waals surface area contributed by atoms with Crippen LogP contribution in [0.3, 0.4) is 0 Å². The zero-order valence-corrected chi connectivity index (χ0v) is 30.8. The second-order valence-electron chi connectivity index (χ2n) is 12.8. The number of Topliss-reactive ketones (excluding diaryl/α,β-unsaturated/α-hetero) is 1. The van der Waals surface area contributed by atoms with Crippen molar-refractivity contribution in [1.82, 2.24) is 15.3 Å². The van der Waals surface area contributed by atoms with Gasteiger partial charge in [0.15, 0.2) is 5.78 Å². The molecule has 1 saturated heterocycles. The molecule has 1 aliphatic heterocycles. The van der Waals surface area contributed by atoms with Crippen molar-refractivity contribution in [2.24, 2.45) is 5.73 Å². The number of thiazole rings is 2. The van der Waals surface area contributed by atoms with Crippen LogP contribution < -0.4 is 11.1 Å². The maximum absolute atomic E-state index is 11.9. The van der Waals surface area contributed by atoms with Crippen molar-refractivity contribution in [3.63, 3.8) is 0 Å². The molecule has 5 rings (SSSR count). The average Bonchev–Trinajstić information content (AvgIpc) is 3.86. The van der Waals surface area contributed by atoms with Crippen LogP contribution in [0.2, 0.25) is 0 Å². The van der Waals surface area contributed by atoms with Gasteiger partial charge in [-0.25, -0.2) is 14.8 Å². The predicted octanol–water partition coefficient (Wildman–Crippen LogP) is 7.76. The van der Waals surface area contributed by atoms with E-state index < -0.39 is 11.7 Å². The fraction of sp³-hybridized carbons (Fsp3) is 0.474. The van der Waals surface area contributed by atoms with Crippen molar-refractivity contribution in [3.8, 4) is 0 Å². The van der Waals surface area contributed by atoms with Crippen molar-refractivity contribution in [2.75, 3.05) is 19.8 Å². The lowest BCUT2D eigenvalue weighted by molar-refractivity contribution is -0.118. The molecule has 0 radical (unpaired) electrons. The van der Waals surface area contributed by atoms with Crippen LogP contribution in [0, 0.1) is 13.8 Å². The van der Waals surface area contributed by atoms with E-state index >= 15 is 0 Å². The number of hydrogen-bond acceptors (Lipinski definition) is 9. The SMILES string of the molecule is C1CCOC1.Cc1nc(CCc2ccc(CCC(=O)CNC(=O)OC(C)(C)C)cc2)cs1.Cc1nc(CCc2ccc(CN)cc2)cs1. The topological polar surface area (TPSA) is 116 Å². The van der Waals surface area contributed by atoms with Gasteiger partial charge >= 0.3 is 6.09 Å². The number of hydrogen-bond donors (Lipinski definition) is 2. The Labute approximate surface area is 294 Å². The lowest BCUT2D eigenvalue weighted by Gasteiger charge is -2.19. The summed E-state index contributed by atoms with van der Waals surface area (Å²) in [5.41, 5.74) is 12.3. The van der Waals surface area contributed by atoms with Crippen molar-refractivity contribution in [2.45, 2.75) is 98.1 Å². The number of ketones is 1. The Kier molecular flexibility index (Phi) is 16.9.